The Morgan fingerprint density at radius 1 is 1.00 bits per heavy atom. The third kappa shape index (κ3) is 3.21. The van der Waals surface area contributed by atoms with Gasteiger partial charge in [-0.1, -0.05) is 60.8 Å². The number of carbonyl (C=O) groups excluding carboxylic acids is 1. The Hall–Kier alpha value is -1.22. The molecule has 120 valence electrons. The smallest absolute Gasteiger partial charge is 0.251 e. The molecule has 5 heteroatoms. The molecule has 2 nitrogen and oxygen atoms in total. The summed E-state index contributed by atoms with van der Waals surface area (Å²) in [5.41, 5.74) is 1.69. The van der Waals surface area contributed by atoms with Crippen molar-refractivity contribution in [2.24, 2.45) is 5.41 Å². The first-order valence-corrected chi connectivity index (χ1v) is 8.45. The molecule has 0 radical (unpaired) electrons. The van der Waals surface area contributed by atoms with Crippen LogP contribution >= 0.6 is 34.8 Å². The molecule has 1 aliphatic rings. The van der Waals surface area contributed by atoms with E-state index >= 15 is 0 Å². The van der Waals surface area contributed by atoms with Crippen LogP contribution in [0.1, 0.15) is 35.7 Å². The van der Waals surface area contributed by atoms with Gasteiger partial charge in [0.25, 0.3) is 5.91 Å². The second-order valence-corrected chi connectivity index (χ2v) is 7.68. The van der Waals surface area contributed by atoms with E-state index in [1.165, 1.54) is 5.56 Å². The molecule has 1 fully saturated rings. The van der Waals surface area contributed by atoms with Crippen molar-refractivity contribution in [1.82, 2.24) is 5.32 Å². The zero-order valence-electron chi connectivity index (χ0n) is 12.7. The summed E-state index contributed by atoms with van der Waals surface area (Å²) in [7, 11) is 0. The Bertz CT molecular complexity index is 755. The fourth-order valence-electron chi connectivity index (χ4n) is 3.06. The first kappa shape index (κ1) is 16.6. The Labute approximate surface area is 150 Å². The highest BCUT2D eigenvalue weighted by Gasteiger charge is 2.59. The van der Waals surface area contributed by atoms with Crippen molar-refractivity contribution >= 4 is 40.7 Å². The van der Waals surface area contributed by atoms with Crippen molar-refractivity contribution in [1.29, 1.82) is 0 Å². The zero-order chi connectivity index (χ0) is 16.8. The predicted molar refractivity (Wildman–Crippen MR) is 95.7 cm³/mol. The van der Waals surface area contributed by atoms with Crippen LogP contribution in [-0.2, 0) is 0 Å². The number of benzene rings is 2. The van der Waals surface area contributed by atoms with Crippen molar-refractivity contribution < 1.29 is 4.79 Å². The highest BCUT2D eigenvalue weighted by molar-refractivity contribution is 6.42. The Morgan fingerprint density at radius 3 is 2.26 bits per heavy atom. The van der Waals surface area contributed by atoms with Crippen LogP contribution in [0.4, 0.5) is 0 Å². The third-order valence-corrected chi connectivity index (χ3v) is 5.52. The topological polar surface area (TPSA) is 29.1 Å². The van der Waals surface area contributed by atoms with Gasteiger partial charge in [0, 0.05) is 22.5 Å². The summed E-state index contributed by atoms with van der Waals surface area (Å²) in [5.74, 6) is 0.129. The summed E-state index contributed by atoms with van der Waals surface area (Å²) in [6, 6.07) is 12.8. The molecule has 0 aliphatic heterocycles. The molecule has 0 aromatic heterocycles. The van der Waals surface area contributed by atoms with Crippen molar-refractivity contribution in [3.05, 3.63) is 68.7 Å². The largest absolute Gasteiger partial charge is 0.348 e. The molecular weight excluding hydrogens is 353 g/mol. The molecule has 2 aromatic carbocycles. The molecule has 1 amide bonds. The number of carbonyl (C=O) groups is 1. The monoisotopic (exact) mass is 367 g/mol. The van der Waals surface area contributed by atoms with E-state index in [1.54, 1.807) is 18.2 Å². The van der Waals surface area contributed by atoms with Gasteiger partial charge in [-0.15, -0.1) is 0 Å². The molecule has 3 rings (SSSR count). The van der Waals surface area contributed by atoms with Crippen molar-refractivity contribution in [2.45, 2.75) is 25.8 Å². The van der Waals surface area contributed by atoms with Gasteiger partial charge in [-0.25, -0.2) is 0 Å². The van der Waals surface area contributed by atoms with E-state index in [4.69, 9.17) is 34.8 Å². The second kappa shape index (κ2) is 6.01. The number of rotatable bonds is 3. The van der Waals surface area contributed by atoms with E-state index in [2.05, 4.69) is 19.2 Å². The predicted octanol–water partition coefficient (Wildman–Crippen LogP) is 5.57. The van der Waals surface area contributed by atoms with Crippen LogP contribution in [-0.4, -0.2) is 11.9 Å². The lowest BCUT2D eigenvalue weighted by Gasteiger charge is -2.07. The molecular formula is C18H16Cl3NO. The molecule has 23 heavy (non-hydrogen) atoms. The molecule has 0 spiro atoms. The lowest BCUT2D eigenvalue weighted by atomic mass is 10.0. The minimum atomic E-state index is -0.141. The number of nitrogens with one attached hydrogen (secondary N) is 1. The maximum Gasteiger partial charge on any atom is 0.251 e. The average Bonchev–Trinajstić information content (AvgIpc) is 3.03. The van der Waals surface area contributed by atoms with E-state index in [0.717, 1.165) is 0 Å². The van der Waals surface area contributed by atoms with Crippen molar-refractivity contribution in [2.75, 3.05) is 0 Å². The quantitative estimate of drug-likeness (QED) is 0.754. The van der Waals surface area contributed by atoms with Gasteiger partial charge >= 0.3 is 0 Å². The number of hydrogen-bond donors (Lipinski definition) is 1. The van der Waals surface area contributed by atoms with Crippen LogP contribution in [0.2, 0.25) is 15.1 Å². The molecule has 0 unspecified atom stereocenters. The summed E-state index contributed by atoms with van der Waals surface area (Å²) < 4.78 is 0. The number of hydrogen-bond acceptors (Lipinski definition) is 1. The molecule has 1 aliphatic carbocycles. The molecule has 0 bridgehead atoms. The summed E-state index contributed by atoms with van der Waals surface area (Å²) in [6.07, 6.45) is 0. The van der Waals surface area contributed by atoms with E-state index in [-0.39, 0.29) is 23.3 Å². The fraction of sp³-hybridized carbons (Fsp3) is 0.278. The molecule has 1 N–H and O–H groups in total. The van der Waals surface area contributed by atoms with Gasteiger partial charge in [0.15, 0.2) is 0 Å². The first-order valence-electron chi connectivity index (χ1n) is 7.32. The lowest BCUT2D eigenvalue weighted by molar-refractivity contribution is 0.0946. The lowest BCUT2D eigenvalue weighted by Crippen LogP contribution is -2.28. The zero-order valence-corrected chi connectivity index (χ0v) is 15.0. The highest BCUT2D eigenvalue weighted by Crippen LogP contribution is 2.58. The van der Waals surface area contributed by atoms with Crippen LogP contribution in [0.5, 0.6) is 0 Å². The normalized spacial score (nSPS) is 21.8. The van der Waals surface area contributed by atoms with E-state index in [1.807, 2.05) is 24.3 Å². The van der Waals surface area contributed by atoms with Gasteiger partial charge < -0.3 is 5.32 Å². The van der Waals surface area contributed by atoms with Gasteiger partial charge in [0.1, 0.15) is 0 Å². The van der Waals surface area contributed by atoms with Gasteiger partial charge in [-0.05, 0) is 41.3 Å². The maximum atomic E-state index is 12.4. The van der Waals surface area contributed by atoms with Gasteiger partial charge in [-0.3, -0.25) is 4.79 Å². The molecule has 0 saturated heterocycles. The minimum absolute atomic E-state index is 0.000288. The van der Waals surface area contributed by atoms with Crippen LogP contribution in [0.25, 0.3) is 0 Å². The Balaban J connectivity index is 1.76. The van der Waals surface area contributed by atoms with Gasteiger partial charge in [0.05, 0.1) is 10.0 Å². The van der Waals surface area contributed by atoms with Crippen LogP contribution < -0.4 is 5.32 Å². The molecule has 0 heterocycles. The second-order valence-electron chi connectivity index (χ2n) is 6.43. The average molecular weight is 369 g/mol. The Morgan fingerprint density at radius 2 is 1.65 bits per heavy atom. The van der Waals surface area contributed by atoms with E-state index < -0.39 is 0 Å². The summed E-state index contributed by atoms with van der Waals surface area (Å²) in [6.45, 7) is 4.29. The Kier molecular flexibility index (Phi) is 4.35. The maximum absolute atomic E-state index is 12.4. The summed E-state index contributed by atoms with van der Waals surface area (Å²) in [5, 5.41) is 4.63. The van der Waals surface area contributed by atoms with Crippen molar-refractivity contribution in [3.63, 3.8) is 0 Å². The van der Waals surface area contributed by atoms with Crippen LogP contribution in [0.15, 0.2) is 42.5 Å². The molecule has 2 aromatic rings. The van der Waals surface area contributed by atoms with Crippen LogP contribution in [0, 0.1) is 5.41 Å². The number of halogens is 3. The van der Waals surface area contributed by atoms with Gasteiger partial charge in [-0.2, -0.15) is 0 Å². The molecule has 1 saturated carbocycles. The first-order chi connectivity index (χ1) is 10.8. The fourth-order valence-corrected chi connectivity index (χ4v) is 3.49. The van der Waals surface area contributed by atoms with Crippen LogP contribution in [0.3, 0.4) is 0 Å². The molecule has 2 atom stereocenters. The van der Waals surface area contributed by atoms with E-state index in [0.29, 0.717) is 20.6 Å². The number of amides is 1. The van der Waals surface area contributed by atoms with Crippen molar-refractivity contribution in [3.8, 4) is 0 Å². The minimum Gasteiger partial charge on any atom is -0.348 e. The SMILES string of the molecule is CC1(C)[C@@H](NC(=O)c2ccc(Cl)c(Cl)c2)[C@@H]1c1ccc(Cl)cc1. The third-order valence-electron chi connectivity index (χ3n) is 4.52. The van der Waals surface area contributed by atoms with Gasteiger partial charge in [0.2, 0.25) is 0 Å². The summed E-state index contributed by atoms with van der Waals surface area (Å²) in [4.78, 5) is 12.4. The van der Waals surface area contributed by atoms with E-state index in [9.17, 15) is 4.79 Å². The summed E-state index contributed by atoms with van der Waals surface area (Å²) >= 11 is 17.8. The standard InChI is InChI=1S/C18H16Cl3NO/c1-18(2)15(10-3-6-12(19)7-4-10)16(18)22-17(23)11-5-8-13(20)14(21)9-11/h3-9,15-16H,1-2H3,(H,22,23)/t15-,16-/m0/s1. The highest BCUT2D eigenvalue weighted by atomic mass is 35.5.